The van der Waals surface area contributed by atoms with E-state index in [1.54, 1.807) is 49.8 Å². The Bertz CT molecular complexity index is 1330. The second-order valence-electron chi connectivity index (χ2n) is 6.96. The number of nitro benzene ring substituents is 1. The van der Waals surface area contributed by atoms with E-state index in [2.05, 4.69) is 36.1 Å². The normalized spacial score (nSPS) is 10.8. The molecule has 4 N–H and O–H groups in total. The second kappa shape index (κ2) is 10.6. The number of nitrogens with one attached hydrogen (secondary N) is 3. The molecule has 13 heteroatoms. The molecule has 2 aromatic heterocycles. The summed E-state index contributed by atoms with van der Waals surface area (Å²) in [6.07, 6.45) is 2.78. The Morgan fingerprint density at radius 3 is 2.60 bits per heavy atom. The maximum absolute atomic E-state index is 11.0. The average molecular weight is 476 g/mol. The first-order valence-electron chi connectivity index (χ1n) is 10.2. The number of anilines is 4. The molecule has 178 valence electrons. The number of ether oxygens (including phenoxy) is 1. The number of methoxy groups -OCH3 is 1. The summed E-state index contributed by atoms with van der Waals surface area (Å²) >= 11 is 0. The number of hydrogen-bond acceptors (Lipinski definition) is 12. The van der Waals surface area contributed by atoms with Gasteiger partial charge in [-0.2, -0.15) is 20.1 Å². The molecular weight excluding hydrogens is 456 g/mol. The van der Waals surface area contributed by atoms with Crippen LogP contribution >= 0.6 is 0 Å². The van der Waals surface area contributed by atoms with Crippen molar-refractivity contribution in [3.05, 3.63) is 82.3 Å². The van der Waals surface area contributed by atoms with Gasteiger partial charge >= 0.3 is 0 Å². The zero-order valence-corrected chi connectivity index (χ0v) is 18.4. The highest BCUT2D eigenvalue weighted by Gasteiger charge is 2.10. The van der Waals surface area contributed by atoms with Crippen LogP contribution in [0.5, 0.6) is 11.5 Å². The van der Waals surface area contributed by atoms with E-state index in [1.165, 1.54) is 24.4 Å². The van der Waals surface area contributed by atoms with E-state index in [9.17, 15) is 15.2 Å². The third-order valence-electron chi connectivity index (χ3n) is 4.57. The minimum atomic E-state index is -0.565. The van der Waals surface area contributed by atoms with Gasteiger partial charge in [-0.05, 0) is 42.5 Å². The number of furan rings is 1. The number of hydrogen-bond donors (Lipinski definition) is 4. The standard InChI is InChI=1S/C22H20N8O5/c1-34-17-7-4-15(5-8-17)25-21-26-20(23-13-18-3-2-10-35-18)27-22(28-21)29-24-12-14-11-16(30(32)33)6-9-19(14)31/h2-12,31H,13H2,1H3,(H3,23,25,26,27,28,29). The average Bonchev–Trinajstić information content (AvgIpc) is 3.38. The van der Waals surface area contributed by atoms with Crippen LogP contribution in [0.2, 0.25) is 0 Å². The summed E-state index contributed by atoms with van der Waals surface area (Å²) in [7, 11) is 1.58. The molecule has 13 nitrogen and oxygen atoms in total. The van der Waals surface area contributed by atoms with E-state index in [1.807, 2.05) is 0 Å². The van der Waals surface area contributed by atoms with Gasteiger partial charge in [-0.1, -0.05) is 0 Å². The summed E-state index contributed by atoms with van der Waals surface area (Å²) in [5, 5.41) is 31.0. The Kier molecular flexibility index (Phi) is 6.97. The summed E-state index contributed by atoms with van der Waals surface area (Å²) in [4.78, 5) is 23.3. The lowest BCUT2D eigenvalue weighted by Gasteiger charge is -2.10. The van der Waals surface area contributed by atoms with Crippen LogP contribution in [0.4, 0.5) is 29.2 Å². The first kappa shape index (κ1) is 23.0. The monoisotopic (exact) mass is 476 g/mol. The predicted molar refractivity (Wildman–Crippen MR) is 128 cm³/mol. The minimum absolute atomic E-state index is 0.0825. The molecule has 0 saturated carbocycles. The van der Waals surface area contributed by atoms with Crippen LogP contribution in [0, 0.1) is 10.1 Å². The van der Waals surface area contributed by atoms with Gasteiger partial charge in [-0.15, -0.1) is 0 Å². The van der Waals surface area contributed by atoms with Gasteiger partial charge in [-0.25, -0.2) is 5.43 Å². The molecule has 0 radical (unpaired) electrons. The molecule has 35 heavy (non-hydrogen) atoms. The smallest absolute Gasteiger partial charge is 0.270 e. The molecule has 2 aromatic carbocycles. The summed E-state index contributed by atoms with van der Waals surface area (Å²) in [5.41, 5.74) is 3.33. The Hall–Kier alpha value is -5.20. The zero-order valence-electron chi connectivity index (χ0n) is 18.4. The lowest BCUT2D eigenvalue weighted by molar-refractivity contribution is -0.384. The van der Waals surface area contributed by atoms with Crippen molar-refractivity contribution in [3.63, 3.8) is 0 Å². The molecule has 0 aliphatic heterocycles. The first-order chi connectivity index (χ1) is 17.0. The summed E-state index contributed by atoms with van der Waals surface area (Å²) in [6, 6.07) is 14.4. The van der Waals surface area contributed by atoms with Crippen LogP contribution in [0.1, 0.15) is 11.3 Å². The van der Waals surface area contributed by atoms with E-state index in [0.29, 0.717) is 23.7 Å². The van der Waals surface area contributed by atoms with Crippen molar-refractivity contribution in [2.75, 3.05) is 23.2 Å². The lowest BCUT2D eigenvalue weighted by atomic mass is 10.2. The summed E-state index contributed by atoms with van der Waals surface area (Å²) < 4.78 is 10.5. The van der Waals surface area contributed by atoms with Gasteiger partial charge in [0.1, 0.15) is 17.3 Å². The van der Waals surface area contributed by atoms with Gasteiger partial charge < -0.3 is 24.9 Å². The van der Waals surface area contributed by atoms with E-state index in [-0.39, 0.29) is 34.8 Å². The molecule has 0 unspecified atom stereocenters. The molecular formula is C22H20N8O5. The highest BCUT2D eigenvalue weighted by atomic mass is 16.6. The van der Waals surface area contributed by atoms with Crippen molar-refractivity contribution in [1.29, 1.82) is 0 Å². The van der Waals surface area contributed by atoms with Gasteiger partial charge in [0.05, 0.1) is 31.1 Å². The van der Waals surface area contributed by atoms with Gasteiger partial charge in [0.25, 0.3) is 5.69 Å². The number of nitro groups is 1. The zero-order chi connectivity index (χ0) is 24.6. The third kappa shape index (κ3) is 6.19. The fourth-order valence-electron chi connectivity index (χ4n) is 2.86. The van der Waals surface area contributed by atoms with E-state index in [4.69, 9.17) is 9.15 Å². The Balaban J connectivity index is 1.55. The number of benzene rings is 2. The van der Waals surface area contributed by atoms with Crippen LogP contribution in [0.15, 0.2) is 70.4 Å². The molecule has 0 fully saturated rings. The molecule has 0 aliphatic rings. The Morgan fingerprint density at radius 1 is 1.11 bits per heavy atom. The Morgan fingerprint density at radius 2 is 1.89 bits per heavy atom. The van der Waals surface area contributed by atoms with E-state index < -0.39 is 4.92 Å². The molecule has 4 rings (SSSR count). The number of aromatic hydroxyl groups is 1. The number of rotatable bonds is 10. The topological polar surface area (TPSA) is 173 Å². The van der Waals surface area contributed by atoms with Crippen LogP contribution in [-0.2, 0) is 6.54 Å². The molecule has 2 heterocycles. The SMILES string of the molecule is COc1ccc(Nc2nc(NCc3ccco3)nc(NN=Cc3cc([N+](=O)[O-])ccc3O)n2)cc1. The summed E-state index contributed by atoms with van der Waals surface area (Å²) in [5.74, 6) is 1.77. The first-order valence-corrected chi connectivity index (χ1v) is 10.2. The molecule has 0 aliphatic carbocycles. The lowest BCUT2D eigenvalue weighted by Crippen LogP contribution is -2.09. The molecule has 4 aromatic rings. The highest BCUT2D eigenvalue weighted by Crippen LogP contribution is 2.22. The Labute approximate surface area is 198 Å². The van der Waals surface area contributed by atoms with Gasteiger partial charge in [0, 0.05) is 23.4 Å². The van der Waals surface area contributed by atoms with Crippen molar-refractivity contribution >= 4 is 35.4 Å². The molecule has 0 spiro atoms. The largest absolute Gasteiger partial charge is 0.507 e. The highest BCUT2D eigenvalue weighted by molar-refractivity contribution is 5.84. The number of non-ortho nitro benzene ring substituents is 1. The van der Waals surface area contributed by atoms with E-state index >= 15 is 0 Å². The second-order valence-corrected chi connectivity index (χ2v) is 6.96. The maximum Gasteiger partial charge on any atom is 0.270 e. The van der Waals surface area contributed by atoms with Crippen LogP contribution < -0.4 is 20.8 Å². The summed E-state index contributed by atoms with van der Waals surface area (Å²) in [6.45, 7) is 0.337. The number of phenolic OH excluding ortho intramolecular Hbond substituents is 1. The maximum atomic E-state index is 11.0. The molecule has 0 bridgehead atoms. The minimum Gasteiger partial charge on any atom is -0.507 e. The number of hydrazone groups is 1. The van der Waals surface area contributed by atoms with Crippen LogP contribution in [0.25, 0.3) is 0 Å². The van der Waals surface area contributed by atoms with E-state index in [0.717, 1.165) is 0 Å². The fraction of sp³-hybridized carbons (Fsp3) is 0.0909. The van der Waals surface area contributed by atoms with Crippen molar-refractivity contribution in [2.45, 2.75) is 6.54 Å². The quantitative estimate of drug-likeness (QED) is 0.148. The van der Waals surface area contributed by atoms with Crippen molar-refractivity contribution in [3.8, 4) is 11.5 Å². The van der Waals surface area contributed by atoms with Crippen LogP contribution in [0.3, 0.4) is 0 Å². The predicted octanol–water partition coefficient (Wildman–Crippen LogP) is 3.89. The van der Waals surface area contributed by atoms with Crippen LogP contribution in [-0.4, -0.2) is 38.3 Å². The van der Waals surface area contributed by atoms with Crippen molar-refractivity contribution in [1.82, 2.24) is 15.0 Å². The number of aromatic nitrogens is 3. The van der Waals surface area contributed by atoms with Crippen molar-refractivity contribution in [2.24, 2.45) is 5.10 Å². The number of nitrogens with zero attached hydrogens (tertiary/aromatic N) is 5. The fourth-order valence-corrected chi connectivity index (χ4v) is 2.86. The van der Waals surface area contributed by atoms with Gasteiger partial charge in [0.15, 0.2) is 0 Å². The van der Waals surface area contributed by atoms with Crippen molar-refractivity contribution < 1.29 is 19.2 Å². The van der Waals surface area contributed by atoms with Gasteiger partial charge in [0.2, 0.25) is 17.8 Å². The molecule has 0 saturated heterocycles. The van der Waals surface area contributed by atoms with Gasteiger partial charge in [-0.3, -0.25) is 10.1 Å². The molecule has 0 amide bonds. The third-order valence-corrected chi connectivity index (χ3v) is 4.57. The number of phenols is 1. The molecule has 0 atom stereocenters.